The van der Waals surface area contributed by atoms with Gasteiger partial charge >= 0.3 is 6.09 Å². The van der Waals surface area contributed by atoms with Crippen molar-refractivity contribution < 1.29 is 15.0 Å². The Balaban J connectivity index is 2.21. The largest absolute Gasteiger partial charge is 0.465 e. The minimum atomic E-state index is -1.02. The first-order valence-electron chi connectivity index (χ1n) is 4.43. The molecule has 0 radical (unpaired) electrons. The summed E-state index contributed by atoms with van der Waals surface area (Å²) in [4.78, 5) is 16.2. The zero-order valence-electron chi connectivity index (χ0n) is 7.83. The predicted octanol–water partition coefficient (Wildman–Crippen LogP) is 0.881. The second kappa shape index (κ2) is 4.00. The fourth-order valence-electron chi connectivity index (χ4n) is 1.56. The number of hydrogen-bond acceptors (Lipinski definition) is 4. The highest BCUT2D eigenvalue weighted by Gasteiger charge is 2.29. The molecular weight excluding hydrogens is 216 g/mol. The molecule has 6 heteroatoms. The van der Waals surface area contributed by atoms with Crippen molar-refractivity contribution in [1.82, 2.24) is 9.88 Å². The van der Waals surface area contributed by atoms with Crippen LogP contribution in [0.4, 0.5) is 4.79 Å². The Kier molecular flexibility index (Phi) is 2.70. The first-order chi connectivity index (χ1) is 7.22. The minimum Gasteiger partial charge on any atom is -0.465 e. The average Bonchev–Trinajstić information content (AvgIpc) is 2.86. The van der Waals surface area contributed by atoms with Gasteiger partial charge in [0.15, 0.2) is 0 Å². The van der Waals surface area contributed by atoms with Crippen LogP contribution in [0.1, 0.15) is 5.01 Å². The van der Waals surface area contributed by atoms with Gasteiger partial charge in [0.2, 0.25) is 0 Å². The van der Waals surface area contributed by atoms with Crippen LogP contribution < -0.4 is 0 Å². The van der Waals surface area contributed by atoms with Crippen LogP contribution in [0.3, 0.4) is 0 Å². The summed E-state index contributed by atoms with van der Waals surface area (Å²) in [6.07, 6.45) is 2.42. The van der Waals surface area contributed by atoms with Gasteiger partial charge in [-0.15, -0.1) is 11.3 Å². The Morgan fingerprint density at radius 1 is 1.73 bits per heavy atom. The number of nitrogens with zero attached hydrogens (tertiary/aromatic N) is 2. The predicted molar refractivity (Wildman–Crippen MR) is 55.7 cm³/mol. The maximum Gasteiger partial charge on any atom is 0.408 e. The third-order valence-electron chi connectivity index (χ3n) is 2.27. The van der Waals surface area contributed by atoms with E-state index in [1.54, 1.807) is 12.3 Å². The van der Waals surface area contributed by atoms with E-state index < -0.39 is 12.1 Å². The van der Waals surface area contributed by atoms with E-state index in [9.17, 15) is 4.79 Å². The maximum atomic E-state index is 10.9. The highest BCUT2D eigenvalue weighted by atomic mass is 32.1. The van der Waals surface area contributed by atoms with E-state index >= 15 is 0 Å². The zero-order valence-corrected chi connectivity index (χ0v) is 8.65. The summed E-state index contributed by atoms with van der Waals surface area (Å²) in [6.45, 7) is 0.106. The Labute approximate surface area is 90.3 Å². The number of thiazole rings is 1. The molecule has 1 amide bonds. The molecule has 0 aromatic carbocycles. The first kappa shape index (κ1) is 10.1. The highest BCUT2D eigenvalue weighted by molar-refractivity contribution is 7.10. The summed E-state index contributed by atoms with van der Waals surface area (Å²) in [5.41, 5.74) is 0.867. The SMILES string of the molecule is O=C(O)N1CC(c2nccs2)=CC1CO. The van der Waals surface area contributed by atoms with Gasteiger partial charge in [-0.3, -0.25) is 4.90 Å². The first-order valence-corrected chi connectivity index (χ1v) is 5.31. The molecule has 1 aliphatic heterocycles. The van der Waals surface area contributed by atoms with Gasteiger partial charge < -0.3 is 10.2 Å². The molecule has 1 aromatic heterocycles. The summed E-state index contributed by atoms with van der Waals surface area (Å²) in [6, 6.07) is -0.443. The van der Waals surface area contributed by atoms with Crippen molar-refractivity contribution in [1.29, 1.82) is 0 Å². The number of amides is 1. The van der Waals surface area contributed by atoms with Crippen molar-refractivity contribution in [3.8, 4) is 0 Å². The number of aromatic nitrogens is 1. The van der Waals surface area contributed by atoms with Crippen molar-refractivity contribution in [3.05, 3.63) is 22.7 Å². The molecule has 0 saturated heterocycles. The van der Waals surface area contributed by atoms with Crippen LogP contribution in [0.2, 0.25) is 0 Å². The van der Waals surface area contributed by atoms with E-state index in [-0.39, 0.29) is 6.61 Å². The van der Waals surface area contributed by atoms with Crippen molar-refractivity contribution in [2.45, 2.75) is 6.04 Å². The van der Waals surface area contributed by atoms with Crippen LogP contribution in [0.25, 0.3) is 5.57 Å². The normalized spacial score (nSPS) is 20.5. The lowest BCUT2D eigenvalue weighted by atomic mass is 10.2. The van der Waals surface area contributed by atoms with E-state index in [1.165, 1.54) is 16.2 Å². The molecule has 1 atom stereocenters. The molecule has 0 bridgehead atoms. The Hall–Kier alpha value is -1.40. The van der Waals surface area contributed by atoms with E-state index in [2.05, 4.69) is 4.98 Å². The fourth-order valence-corrected chi connectivity index (χ4v) is 2.21. The Morgan fingerprint density at radius 2 is 2.53 bits per heavy atom. The molecule has 0 spiro atoms. The quantitative estimate of drug-likeness (QED) is 0.785. The number of rotatable bonds is 2. The van der Waals surface area contributed by atoms with Gasteiger partial charge in [0.05, 0.1) is 19.2 Å². The van der Waals surface area contributed by atoms with Crippen molar-refractivity contribution in [2.75, 3.05) is 13.2 Å². The molecule has 0 aliphatic carbocycles. The minimum absolute atomic E-state index is 0.193. The lowest BCUT2D eigenvalue weighted by molar-refractivity contribution is 0.125. The number of carbonyl (C=O) groups is 1. The lowest BCUT2D eigenvalue weighted by Gasteiger charge is -2.18. The summed E-state index contributed by atoms with van der Waals surface area (Å²) in [7, 11) is 0. The Morgan fingerprint density at radius 3 is 3.00 bits per heavy atom. The van der Waals surface area contributed by atoms with Crippen molar-refractivity contribution in [3.63, 3.8) is 0 Å². The van der Waals surface area contributed by atoms with Crippen LogP contribution >= 0.6 is 11.3 Å². The second-order valence-electron chi connectivity index (χ2n) is 3.19. The maximum absolute atomic E-state index is 10.9. The number of aliphatic hydroxyl groups is 1. The topological polar surface area (TPSA) is 73.7 Å². The van der Waals surface area contributed by atoms with Gasteiger partial charge in [0, 0.05) is 17.2 Å². The zero-order chi connectivity index (χ0) is 10.8. The monoisotopic (exact) mass is 226 g/mol. The summed E-state index contributed by atoms with van der Waals surface area (Å²) in [5, 5.41) is 20.6. The van der Waals surface area contributed by atoms with E-state index in [1.807, 2.05) is 5.38 Å². The Bertz CT molecular complexity index is 388. The molecule has 2 rings (SSSR count). The van der Waals surface area contributed by atoms with Gasteiger partial charge in [-0.1, -0.05) is 6.08 Å². The van der Waals surface area contributed by atoms with Gasteiger partial charge in [-0.2, -0.15) is 0 Å². The number of aliphatic hydroxyl groups excluding tert-OH is 1. The van der Waals surface area contributed by atoms with Crippen LogP contribution in [0.15, 0.2) is 17.7 Å². The smallest absolute Gasteiger partial charge is 0.408 e. The molecule has 2 heterocycles. The summed E-state index contributed by atoms with van der Waals surface area (Å²) >= 11 is 1.47. The summed E-state index contributed by atoms with van der Waals surface area (Å²) < 4.78 is 0. The molecule has 5 nitrogen and oxygen atoms in total. The fraction of sp³-hybridized carbons (Fsp3) is 0.333. The van der Waals surface area contributed by atoms with E-state index in [0.29, 0.717) is 6.54 Å². The van der Waals surface area contributed by atoms with Gasteiger partial charge in [-0.05, 0) is 0 Å². The van der Waals surface area contributed by atoms with Crippen LogP contribution in [0, 0.1) is 0 Å². The van der Waals surface area contributed by atoms with Crippen molar-refractivity contribution in [2.24, 2.45) is 0 Å². The number of carboxylic acid groups (broad SMARTS) is 1. The standard InChI is InChI=1S/C9H10N2O3S/c12-5-7-3-6(4-11(7)9(13)14)8-10-1-2-15-8/h1-3,7,12H,4-5H2,(H,13,14). The van der Waals surface area contributed by atoms with Gasteiger partial charge in [-0.25, -0.2) is 9.78 Å². The highest BCUT2D eigenvalue weighted by Crippen LogP contribution is 2.26. The third kappa shape index (κ3) is 1.86. The van der Waals surface area contributed by atoms with E-state index in [4.69, 9.17) is 10.2 Å². The molecule has 2 N–H and O–H groups in total. The van der Waals surface area contributed by atoms with Crippen molar-refractivity contribution >= 4 is 23.0 Å². The molecule has 0 saturated carbocycles. The molecule has 0 fully saturated rings. The van der Waals surface area contributed by atoms with Gasteiger partial charge in [0.1, 0.15) is 5.01 Å². The molecule has 15 heavy (non-hydrogen) atoms. The van der Waals surface area contributed by atoms with Crippen LogP contribution in [-0.2, 0) is 0 Å². The molecule has 80 valence electrons. The molecular formula is C9H10N2O3S. The molecule has 1 aromatic rings. The lowest BCUT2D eigenvalue weighted by Crippen LogP contribution is -2.37. The second-order valence-corrected chi connectivity index (χ2v) is 4.08. The van der Waals surface area contributed by atoms with Crippen LogP contribution in [-0.4, -0.2) is 45.4 Å². The number of hydrogen-bond donors (Lipinski definition) is 2. The molecule has 1 aliphatic rings. The molecule has 1 unspecified atom stereocenters. The van der Waals surface area contributed by atoms with Gasteiger partial charge in [0.25, 0.3) is 0 Å². The van der Waals surface area contributed by atoms with E-state index in [0.717, 1.165) is 10.6 Å². The summed E-state index contributed by atoms with van der Waals surface area (Å²) in [5.74, 6) is 0. The van der Waals surface area contributed by atoms with Crippen LogP contribution in [0.5, 0.6) is 0 Å². The average molecular weight is 226 g/mol. The third-order valence-corrected chi connectivity index (χ3v) is 3.12.